The van der Waals surface area contributed by atoms with Crippen LogP contribution in [0, 0.1) is 0 Å². The molecule has 0 amide bonds. The number of hydrogen-bond acceptors (Lipinski definition) is 3. The maximum atomic E-state index is 7.62. The van der Waals surface area contributed by atoms with Crippen molar-refractivity contribution in [3.63, 3.8) is 0 Å². The zero-order valence-electron chi connectivity index (χ0n) is 20.6. The van der Waals surface area contributed by atoms with Gasteiger partial charge in [-0.05, 0) is 38.9 Å². The topological polar surface area (TPSA) is 43.7 Å². The zero-order chi connectivity index (χ0) is 21.8. The van der Waals surface area contributed by atoms with Crippen molar-refractivity contribution in [2.24, 2.45) is 0 Å². The van der Waals surface area contributed by atoms with Crippen molar-refractivity contribution in [1.82, 2.24) is 4.90 Å². The molecular formula is C26H57NO2. The second-order valence-corrected chi connectivity index (χ2v) is 8.59. The molecule has 0 aromatic heterocycles. The minimum atomic E-state index is -0.125. The molecule has 0 aromatic carbocycles. The van der Waals surface area contributed by atoms with Crippen molar-refractivity contribution in [2.75, 3.05) is 32.8 Å². The number of nitrogens with zero attached hydrogens (tertiary/aromatic N) is 1. The number of aliphatic hydroxyl groups is 2. The van der Waals surface area contributed by atoms with Crippen molar-refractivity contribution < 1.29 is 10.2 Å². The molecule has 0 aliphatic rings. The predicted molar refractivity (Wildman–Crippen MR) is 131 cm³/mol. The molecule has 0 bridgehead atoms. The van der Waals surface area contributed by atoms with Gasteiger partial charge in [-0.3, -0.25) is 0 Å². The van der Waals surface area contributed by atoms with E-state index in [2.05, 4.69) is 25.7 Å². The van der Waals surface area contributed by atoms with E-state index in [1.807, 2.05) is 0 Å². The Morgan fingerprint density at radius 2 is 0.621 bits per heavy atom. The summed E-state index contributed by atoms with van der Waals surface area (Å²) < 4.78 is 0. The van der Waals surface area contributed by atoms with Crippen molar-refractivity contribution in [2.45, 2.75) is 136 Å². The molecule has 0 saturated carbocycles. The van der Waals surface area contributed by atoms with E-state index in [1.54, 1.807) is 0 Å². The van der Waals surface area contributed by atoms with Gasteiger partial charge in [-0.1, -0.05) is 117 Å². The first-order valence-corrected chi connectivity index (χ1v) is 13.2. The standard InChI is InChI=1S/C24H51N.C2H6O2/c1-4-7-10-13-16-19-22-25(23-20-17-14-11-8-5-2)24-21-18-15-12-9-6-3;3-1-2-4/h4-24H2,1-3H3;3-4H,1-2H2. The SMILES string of the molecule is CCCCCCCCN(CCCCCCCC)CCCCCCCC.OCCO. The van der Waals surface area contributed by atoms with Crippen LogP contribution in [0.5, 0.6) is 0 Å². The van der Waals surface area contributed by atoms with E-state index in [0.29, 0.717) is 0 Å². The summed E-state index contributed by atoms with van der Waals surface area (Å²) in [5.41, 5.74) is 0. The number of rotatable bonds is 22. The minimum Gasteiger partial charge on any atom is -0.394 e. The summed E-state index contributed by atoms with van der Waals surface area (Å²) in [7, 11) is 0. The van der Waals surface area contributed by atoms with E-state index in [9.17, 15) is 0 Å². The molecule has 0 saturated heterocycles. The smallest absolute Gasteiger partial charge is 0.0662 e. The van der Waals surface area contributed by atoms with Crippen LogP contribution in [0.15, 0.2) is 0 Å². The summed E-state index contributed by atoms with van der Waals surface area (Å²) in [4.78, 5) is 2.79. The Morgan fingerprint density at radius 3 is 0.862 bits per heavy atom. The average molecular weight is 416 g/mol. The lowest BCUT2D eigenvalue weighted by atomic mass is 10.1. The third-order valence-corrected chi connectivity index (χ3v) is 5.58. The summed E-state index contributed by atoms with van der Waals surface area (Å²) in [6, 6.07) is 0. The molecule has 0 aliphatic carbocycles. The molecule has 0 atom stereocenters. The third kappa shape index (κ3) is 30.2. The van der Waals surface area contributed by atoms with Crippen LogP contribution in [0.3, 0.4) is 0 Å². The molecule has 0 aliphatic heterocycles. The highest BCUT2D eigenvalue weighted by molar-refractivity contribution is 4.60. The Hall–Kier alpha value is -0.120. The van der Waals surface area contributed by atoms with Gasteiger partial charge in [-0.15, -0.1) is 0 Å². The second-order valence-electron chi connectivity index (χ2n) is 8.59. The Morgan fingerprint density at radius 1 is 0.379 bits per heavy atom. The summed E-state index contributed by atoms with van der Waals surface area (Å²) >= 11 is 0. The molecule has 0 spiro atoms. The van der Waals surface area contributed by atoms with E-state index < -0.39 is 0 Å². The molecule has 0 heterocycles. The fraction of sp³-hybridized carbons (Fsp3) is 1.00. The van der Waals surface area contributed by atoms with Crippen molar-refractivity contribution >= 4 is 0 Å². The molecule has 3 heteroatoms. The van der Waals surface area contributed by atoms with Crippen LogP contribution in [-0.2, 0) is 0 Å². The Bertz CT molecular complexity index is 221. The molecule has 0 aromatic rings. The second kappa shape index (κ2) is 30.1. The van der Waals surface area contributed by atoms with Gasteiger partial charge in [0.15, 0.2) is 0 Å². The van der Waals surface area contributed by atoms with E-state index >= 15 is 0 Å². The van der Waals surface area contributed by atoms with E-state index in [0.717, 1.165) is 0 Å². The zero-order valence-corrected chi connectivity index (χ0v) is 20.6. The van der Waals surface area contributed by atoms with Gasteiger partial charge in [0.25, 0.3) is 0 Å². The van der Waals surface area contributed by atoms with Crippen LogP contribution in [0.2, 0.25) is 0 Å². The van der Waals surface area contributed by atoms with Gasteiger partial charge in [0.05, 0.1) is 13.2 Å². The monoisotopic (exact) mass is 415 g/mol. The van der Waals surface area contributed by atoms with E-state index in [4.69, 9.17) is 10.2 Å². The molecule has 2 N–H and O–H groups in total. The minimum absolute atomic E-state index is 0.125. The Kier molecular flexibility index (Phi) is 32.2. The molecular weight excluding hydrogens is 358 g/mol. The van der Waals surface area contributed by atoms with Crippen LogP contribution in [-0.4, -0.2) is 48.0 Å². The Labute approximate surface area is 184 Å². The van der Waals surface area contributed by atoms with Gasteiger partial charge >= 0.3 is 0 Å². The van der Waals surface area contributed by atoms with Crippen LogP contribution in [0.1, 0.15) is 136 Å². The fourth-order valence-electron chi connectivity index (χ4n) is 3.68. The highest BCUT2D eigenvalue weighted by Gasteiger charge is 2.05. The number of unbranched alkanes of at least 4 members (excludes halogenated alkanes) is 15. The fourth-order valence-corrected chi connectivity index (χ4v) is 3.68. The largest absolute Gasteiger partial charge is 0.394 e. The highest BCUT2D eigenvalue weighted by Crippen LogP contribution is 2.11. The van der Waals surface area contributed by atoms with E-state index in [-0.39, 0.29) is 13.2 Å². The van der Waals surface area contributed by atoms with Crippen LogP contribution in [0.25, 0.3) is 0 Å². The summed E-state index contributed by atoms with van der Waals surface area (Å²) in [6.45, 7) is 10.7. The Balaban J connectivity index is 0. The summed E-state index contributed by atoms with van der Waals surface area (Å²) in [5.74, 6) is 0. The van der Waals surface area contributed by atoms with Crippen LogP contribution >= 0.6 is 0 Å². The summed E-state index contributed by atoms with van der Waals surface area (Å²) in [6.07, 6.45) is 25.7. The first-order valence-electron chi connectivity index (χ1n) is 13.2. The molecule has 0 rings (SSSR count). The van der Waals surface area contributed by atoms with Gasteiger partial charge in [-0.2, -0.15) is 0 Å². The highest BCUT2D eigenvalue weighted by atomic mass is 16.3. The maximum Gasteiger partial charge on any atom is 0.0662 e. The molecule has 0 unspecified atom stereocenters. The average Bonchev–Trinajstić information content (AvgIpc) is 2.75. The van der Waals surface area contributed by atoms with E-state index in [1.165, 1.54) is 135 Å². The number of aliphatic hydroxyl groups excluding tert-OH is 2. The van der Waals surface area contributed by atoms with Crippen molar-refractivity contribution in [1.29, 1.82) is 0 Å². The van der Waals surface area contributed by atoms with Crippen LogP contribution in [0.4, 0.5) is 0 Å². The van der Waals surface area contributed by atoms with Gasteiger partial charge in [0.2, 0.25) is 0 Å². The first kappa shape index (κ1) is 31.1. The third-order valence-electron chi connectivity index (χ3n) is 5.58. The van der Waals surface area contributed by atoms with Gasteiger partial charge < -0.3 is 15.1 Å². The lowest BCUT2D eigenvalue weighted by Gasteiger charge is -2.22. The quantitative estimate of drug-likeness (QED) is 0.182. The van der Waals surface area contributed by atoms with Gasteiger partial charge in [0.1, 0.15) is 0 Å². The molecule has 178 valence electrons. The van der Waals surface area contributed by atoms with Crippen LogP contribution < -0.4 is 0 Å². The van der Waals surface area contributed by atoms with Crippen molar-refractivity contribution in [3.05, 3.63) is 0 Å². The summed E-state index contributed by atoms with van der Waals surface area (Å²) in [5, 5.41) is 15.2. The molecule has 29 heavy (non-hydrogen) atoms. The lowest BCUT2D eigenvalue weighted by molar-refractivity contribution is 0.186. The van der Waals surface area contributed by atoms with Gasteiger partial charge in [-0.25, -0.2) is 0 Å². The molecule has 0 radical (unpaired) electrons. The van der Waals surface area contributed by atoms with Gasteiger partial charge in [0, 0.05) is 0 Å². The maximum absolute atomic E-state index is 7.62. The molecule has 3 nitrogen and oxygen atoms in total. The first-order chi connectivity index (χ1) is 14.3. The number of hydrogen-bond donors (Lipinski definition) is 2. The lowest BCUT2D eigenvalue weighted by Crippen LogP contribution is -2.27. The molecule has 0 fully saturated rings. The van der Waals surface area contributed by atoms with Crippen molar-refractivity contribution in [3.8, 4) is 0 Å². The normalized spacial score (nSPS) is 11.0. The predicted octanol–water partition coefficient (Wildman–Crippen LogP) is 7.34.